The third kappa shape index (κ3) is 4.29. The van der Waals surface area contributed by atoms with E-state index in [4.69, 9.17) is 4.42 Å². The van der Waals surface area contributed by atoms with Gasteiger partial charge in [-0.1, -0.05) is 147 Å². The van der Waals surface area contributed by atoms with Gasteiger partial charge in [-0.25, -0.2) is 0 Å². The summed E-state index contributed by atoms with van der Waals surface area (Å²) in [4.78, 5) is 0. The quantitative estimate of drug-likeness (QED) is 0.166. The van der Waals surface area contributed by atoms with Gasteiger partial charge in [-0.2, -0.15) is 0 Å². The van der Waals surface area contributed by atoms with E-state index in [9.17, 15) is 0 Å². The van der Waals surface area contributed by atoms with Crippen LogP contribution in [0.15, 0.2) is 174 Å². The maximum atomic E-state index is 6.29. The number of fused-ring (bicyclic) bond motifs is 12. The lowest BCUT2D eigenvalue weighted by atomic mass is 9.79. The van der Waals surface area contributed by atoms with Crippen LogP contribution in [-0.2, 0) is 5.41 Å². The van der Waals surface area contributed by atoms with Gasteiger partial charge in [-0.05, 0) is 114 Å². The first kappa shape index (κ1) is 30.9. The SMILES string of the molecule is CC1(C)c2cc(-c3c4ccccc4c(-c4cccc(-c5cccc6oc7ccccc7c56)c4)c4ccccc34)ccc2-c2ccc3sc4ccccc4c3c21. The number of hydrogen-bond donors (Lipinski definition) is 0. The second kappa shape index (κ2) is 11.3. The van der Waals surface area contributed by atoms with Crippen molar-refractivity contribution in [2.45, 2.75) is 19.3 Å². The highest BCUT2D eigenvalue weighted by Gasteiger charge is 2.38. The summed E-state index contributed by atoms with van der Waals surface area (Å²) < 4.78 is 9.01. The van der Waals surface area contributed by atoms with Crippen molar-refractivity contribution in [3.05, 3.63) is 181 Å². The molecule has 0 N–H and O–H groups in total. The number of furan rings is 1. The molecule has 0 spiro atoms. The van der Waals surface area contributed by atoms with Gasteiger partial charge in [0.05, 0.1) is 0 Å². The van der Waals surface area contributed by atoms with Crippen LogP contribution in [0.4, 0.5) is 0 Å². The highest BCUT2D eigenvalue weighted by molar-refractivity contribution is 7.25. The Kier molecular flexibility index (Phi) is 6.34. The fraction of sp³-hybridized carbons (Fsp3) is 0.0566. The van der Waals surface area contributed by atoms with Crippen molar-refractivity contribution in [1.82, 2.24) is 0 Å². The zero-order valence-electron chi connectivity index (χ0n) is 30.5. The van der Waals surface area contributed by atoms with Crippen LogP contribution in [0.25, 0.3) is 108 Å². The fourth-order valence-electron chi connectivity index (χ4n) is 9.88. The first-order valence-electron chi connectivity index (χ1n) is 19.1. The Hall–Kier alpha value is -6.48. The number of para-hydroxylation sites is 1. The summed E-state index contributed by atoms with van der Waals surface area (Å²) in [6.45, 7) is 4.85. The summed E-state index contributed by atoms with van der Waals surface area (Å²) in [5.74, 6) is 0. The average molecular weight is 719 g/mol. The van der Waals surface area contributed by atoms with E-state index in [0.29, 0.717) is 0 Å². The van der Waals surface area contributed by atoms with E-state index < -0.39 is 0 Å². The molecule has 0 fully saturated rings. The van der Waals surface area contributed by atoms with Gasteiger partial charge in [0.1, 0.15) is 11.2 Å². The first-order chi connectivity index (χ1) is 27.0. The molecule has 55 heavy (non-hydrogen) atoms. The van der Waals surface area contributed by atoms with Gasteiger partial charge in [0, 0.05) is 36.4 Å². The number of rotatable bonds is 3. The molecular weight excluding hydrogens is 685 g/mol. The third-order valence-corrected chi connectivity index (χ3v) is 13.4. The zero-order valence-corrected chi connectivity index (χ0v) is 31.3. The Balaban J connectivity index is 1.07. The first-order valence-corrected chi connectivity index (χ1v) is 19.9. The minimum atomic E-state index is -0.154. The van der Waals surface area contributed by atoms with E-state index in [2.05, 4.69) is 178 Å². The van der Waals surface area contributed by atoms with Crippen LogP contribution in [0.1, 0.15) is 25.0 Å². The molecule has 2 aromatic heterocycles. The predicted molar refractivity (Wildman–Crippen MR) is 235 cm³/mol. The van der Waals surface area contributed by atoms with Gasteiger partial charge in [0.2, 0.25) is 0 Å². The van der Waals surface area contributed by atoms with E-state index in [-0.39, 0.29) is 5.41 Å². The Labute approximate surface area is 322 Å². The van der Waals surface area contributed by atoms with Gasteiger partial charge < -0.3 is 4.42 Å². The number of thiophene rings is 1. The Bertz CT molecular complexity index is 3350. The molecule has 0 radical (unpaired) electrons. The fourth-order valence-corrected chi connectivity index (χ4v) is 11.0. The minimum Gasteiger partial charge on any atom is -0.456 e. The van der Waals surface area contributed by atoms with Crippen molar-refractivity contribution in [2.24, 2.45) is 0 Å². The topological polar surface area (TPSA) is 13.1 Å². The van der Waals surface area contributed by atoms with Crippen molar-refractivity contribution < 1.29 is 4.42 Å². The molecule has 0 saturated heterocycles. The van der Waals surface area contributed by atoms with Crippen molar-refractivity contribution >= 4 is 75.0 Å². The number of hydrogen-bond acceptors (Lipinski definition) is 2. The van der Waals surface area contributed by atoms with Crippen LogP contribution in [0.2, 0.25) is 0 Å². The summed E-state index contributed by atoms with van der Waals surface area (Å²) in [7, 11) is 0. The number of benzene rings is 9. The second-order valence-corrected chi connectivity index (χ2v) is 16.6. The molecule has 0 saturated carbocycles. The molecule has 1 aliphatic rings. The lowest BCUT2D eigenvalue weighted by molar-refractivity contribution is 0.667. The van der Waals surface area contributed by atoms with Gasteiger partial charge >= 0.3 is 0 Å². The summed E-state index contributed by atoms with van der Waals surface area (Å²) >= 11 is 1.91. The molecule has 258 valence electrons. The predicted octanol–water partition coefficient (Wildman–Crippen LogP) is 15.6. The summed E-state index contributed by atoms with van der Waals surface area (Å²) in [5, 5.41) is 10.1. The van der Waals surface area contributed by atoms with Gasteiger partial charge in [0.15, 0.2) is 0 Å². The van der Waals surface area contributed by atoms with Gasteiger partial charge in [0.25, 0.3) is 0 Å². The van der Waals surface area contributed by atoms with Crippen molar-refractivity contribution in [3.8, 4) is 44.5 Å². The molecule has 9 aromatic carbocycles. The minimum absolute atomic E-state index is 0.154. The zero-order chi connectivity index (χ0) is 36.4. The Morgan fingerprint density at radius 2 is 0.982 bits per heavy atom. The van der Waals surface area contributed by atoms with Crippen LogP contribution < -0.4 is 0 Å². The third-order valence-electron chi connectivity index (χ3n) is 12.2. The molecule has 11 aromatic rings. The van der Waals surface area contributed by atoms with Crippen LogP contribution in [0, 0.1) is 0 Å². The van der Waals surface area contributed by atoms with E-state index in [1.807, 2.05) is 17.4 Å². The molecule has 12 rings (SSSR count). The lowest BCUT2D eigenvalue weighted by Gasteiger charge is -2.24. The highest BCUT2D eigenvalue weighted by Crippen LogP contribution is 2.55. The Morgan fingerprint density at radius 1 is 0.400 bits per heavy atom. The van der Waals surface area contributed by atoms with Crippen molar-refractivity contribution in [1.29, 1.82) is 0 Å². The molecule has 0 atom stereocenters. The van der Waals surface area contributed by atoms with Crippen LogP contribution in [0.5, 0.6) is 0 Å². The standard InChI is InChI=1S/C53H34OS/c1-53(2)43-30-33(25-26-35(43)40-27-28-47-51(52(40)53)42-20-8-10-24-46(42)55-47)49-38-17-5-3-15-36(38)48(37-16-4-6-18-39(37)49)32-14-11-13-31(29-32)34-21-12-23-45-50(34)41-19-7-9-22-44(41)54-45/h3-30H,1-2H3. The molecule has 0 unspecified atom stereocenters. The summed E-state index contributed by atoms with van der Waals surface area (Å²) in [6, 6.07) is 62.7. The molecular formula is C53H34OS. The maximum absolute atomic E-state index is 6.29. The second-order valence-electron chi connectivity index (χ2n) is 15.5. The largest absolute Gasteiger partial charge is 0.456 e. The molecule has 0 aliphatic heterocycles. The molecule has 1 nitrogen and oxygen atoms in total. The van der Waals surface area contributed by atoms with Gasteiger partial charge in [-0.3, -0.25) is 0 Å². The lowest BCUT2D eigenvalue weighted by Crippen LogP contribution is -2.15. The molecule has 2 heteroatoms. The molecule has 0 amide bonds. The average Bonchev–Trinajstić information content (AvgIpc) is 3.87. The smallest absolute Gasteiger partial charge is 0.136 e. The van der Waals surface area contributed by atoms with Gasteiger partial charge in [-0.15, -0.1) is 11.3 Å². The van der Waals surface area contributed by atoms with Crippen LogP contribution >= 0.6 is 11.3 Å². The molecule has 2 heterocycles. The van der Waals surface area contributed by atoms with Crippen LogP contribution in [-0.4, -0.2) is 0 Å². The summed E-state index contributed by atoms with van der Waals surface area (Å²) in [5.41, 5.74) is 14.6. The molecule has 1 aliphatic carbocycles. The van der Waals surface area contributed by atoms with Crippen molar-refractivity contribution in [3.63, 3.8) is 0 Å². The van der Waals surface area contributed by atoms with E-state index in [0.717, 1.165) is 21.9 Å². The summed E-state index contributed by atoms with van der Waals surface area (Å²) in [6.07, 6.45) is 0. The van der Waals surface area contributed by atoms with Crippen LogP contribution in [0.3, 0.4) is 0 Å². The van der Waals surface area contributed by atoms with E-state index in [1.54, 1.807) is 0 Å². The highest BCUT2D eigenvalue weighted by atomic mass is 32.1. The van der Waals surface area contributed by atoms with E-state index >= 15 is 0 Å². The van der Waals surface area contributed by atoms with E-state index in [1.165, 1.54) is 97.4 Å². The maximum Gasteiger partial charge on any atom is 0.136 e. The van der Waals surface area contributed by atoms with Crippen molar-refractivity contribution in [2.75, 3.05) is 0 Å². The normalized spacial score (nSPS) is 13.4. The monoisotopic (exact) mass is 718 g/mol. The molecule has 0 bridgehead atoms. The Morgan fingerprint density at radius 3 is 1.73 bits per heavy atom.